The first-order valence-electron chi connectivity index (χ1n) is 2.51. The minimum absolute atomic E-state index is 0.00319. The molecule has 0 aromatic rings. The van der Waals surface area contributed by atoms with E-state index in [1.807, 2.05) is 5.32 Å². The Kier molecular flexibility index (Phi) is 4.66. The van der Waals surface area contributed by atoms with Gasteiger partial charge in [-0.05, 0) is 5.57 Å². The molecule has 2 N–H and O–H groups in total. The van der Waals surface area contributed by atoms with Crippen molar-refractivity contribution in [2.45, 2.75) is 0 Å². The molecule has 0 heterocycles. The van der Waals surface area contributed by atoms with Gasteiger partial charge in [-0.25, -0.2) is 9.18 Å². The van der Waals surface area contributed by atoms with E-state index >= 15 is 0 Å². The van der Waals surface area contributed by atoms with Crippen molar-refractivity contribution in [2.24, 2.45) is 0 Å². The largest absolute Gasteiger partial charge is 0.465 e. The van der Waals surface area contributed by atoms with Crippen LogP contribution in [0.5, 0.6) is 0 Å². The number of halogens is 2. The van der Waals surface area contributed by atoms with Crippen LogP contribution in [0.4, 0.5) is 9.18 Å². The van der Waals surface area contributed by atoms with E-state index in [1.54, 1.807) is 0 Å². The summed E-state index contributed by atoms with van der Waals surface area (Å²) in [4.78, 5) is 9.83. The van der Waals surface area contributed by atoms with Crippen LogP contribution >= 0.6 is 11.6 Å². The third-order valence-electron chi connectivity index (χ3n) is 0.793. The molecule has 0 spiro atoms. The SMILES string of the molecule is O=C(O)NCC(=CF)CCl. The van der Waals surface area contributed by atoms with Crippen molar-refractivity contribution in [1.82, 2.24) is 5.32 Å². The smallest absolute Gasteiger partial charge is 0.404 e. The van der Waals surface area contributed by atoms with Crippen LogP contribution in [0.25, 0.3) is 0 Å². The van der Waals surface area contributed by atoms with Gasteiger partial charge in [0.05, 0.1) is 6.33 Å². The number of carboxylic acid groups (broad SMARTS) is 1. The minimum Gasteiger partial charge on any atom is -0.465 e. The molecule has 58 valence electrons. The Balaban J connectivity index is 3.56. The highest BCUT2D eigenvalue weighted by atomic mass is 35.5. The fraction of sp³-hybridized carbons (Fsp3) is 0.400. The molecule has 0 aromatic carbocycles. The summed E-state index contributed by atoms with van der Waals surface area (Å²) >= 11 is 5.21. The zero-order valence-corrected chi connectivity index (χ0v) is 5.86. The summed E-state index contributed by atoms with van der Waals surface area (Å²) in [5.41, 5.74) is 0.212. The van der Waals surface area contributed by atoms with Gasteiger partial charge in [-0.3, -0.25) is 0 Å². The van der Waals surface area contributed by atoms with Crippen LogP contribution in [-0.2, 0) is 0 Å². The molecule has 0 saturated carbocycles. The summed E-state index contributed by atoms with van der Waals surface area (Å²) in [6.45, 7) is -0.0602. The van der Waals surface area contributed by atoms with E-state index in [2.05, 4.69) is 0 Å². The first-order valence-corrected chi connectivity index (χ1v) is 3.05. The standard InChI is InChI=1S/C5H7ClFNO2/c6-1-4(2-7)3-8-5(9)10/h2,8H,1,3H2,(H,9,10). The number of nitrogens with one attached hydrogen (secondary N) is 1. The third-order valence-corrected chi connectivity index (χ3v) is 1.14. The maximum absolute atomic E-state index is 11.6. The van der Waals surface area contributed by atoms with Crippen LogP contribution in [0.2, 0.25) is 0 Å². The molecule has 0 aromatic heterocycles. The summed E-state index contributed by atoms with van der Waals surface area (Å²) in [5, 5.41) is 10.0. The second-order valence-corrected chi connectivity index (χ2v) is 1.83. The van der Waals surface area contributed by atoms with Crippen LogP contribution in [0.1, 0.15) is 0 Å². The molecule has 0 aliphatic carbocycles. The van der Waals surface area contributed by atoms with E-state index in [4.69, 9.17) is 16.7 Å². The van der Waals surface area contributed by atoms with Gasteiger partial charge in [-0.1, -0.05) is 0 Å². The van der Waals surface area contributed by atoms with E-state index in [-0.39, 0.29) is 18.0 Å². The Morgan fingerprint density at radius 3 is 2.70 bits per heavy atom. The lowest BCUT2D eigenvalue weighted by Gasteiger charge is -1.99. The van der Waals surface area contributed by atoms with Gasteiger partial charge in [0.25, 0.3) is 0 Å². The van der Waals surface area contributed by atoms with Crippen molar-refractivity contribution in [2.75, 3.05) is 12.4 Å². The minimum atomic E-state index is -1.19. The monoisotopic (exact) mass is 167 g/mol. The molecule has 0 aliphatic heterocycles. The zero-order valence-electron chi connectivity index (χ0n) is 5.10. The first kappa shape index (κ1) is 9.23. The molecule has 0 fully saturated rings. The molecule has 1 amide bonds. The Morgan fingerprint density at radius 2 is 2.40 bits per heavy atom. The second kappa shape index (κ2) is 5.05. The van der Waals surface area contributed by atoms with Crippen molar-refractivity contribution in [3.05, 3.63) is 11.9 Å². The molecule has 0 bridgehead atoms. The average molecular weight is 168 g/mol. The van der Waals surface area contributed by atoms with Crippen molar-refractivity contribution in [3.63, 3.8) is 0 Å². The molecule has 0 radical (unpaired) electrons. The predicted molar refractivity (Wildman–Crippen MR) is 35.9 cm³/mol. The highest BCUT2D eigenvalue weighted by molar-refractivity contribution is 6.19. The maximum Gasteiger partial charge on any atom is 0.404 e. The predicted octanol–water partition coefficient (Wildman–Crippen LogP) is 1.35. The van der Waals surface area contributed by atoms with E-state index < -0.39 is 6.09 Å². The van der Waals surface area contributed by atoms with Crippen molar-refractivity contribution in [3.8, 4) is 0 Å². The molecular weight excluding hydrogens is 161 g/mol. The van der Waals surface area contributed by atoms with Gasteiger partial charge < -0.3 is 10.4 Å². The number of carbonyl (C=O) groups is 1. The number of hydrogen-bond acceptors (Lipinski definition) is 1. The molecule has 5 heteroatoms. The Labute approximate surface area is 62.5 Å². The maximum atomic E-state index is 11.6. The van der Waals surface area contributed by atoms with Gasteiger partial charge in [-0.2, -0.15) is 0 Å². The van der Waals surface area contributed by atoms with Gasteiger partial charge in [0.1, 0.15) is 0 Å². The van der Waals surface area contributed by atoms with Crippen LogP contribution < -0.4 is 5.32 Å². The molecule has 0 aliphatic rings. The van der Waals surface area contributed by atoms with E-state index in [0.29, 0.717) is 6.33 Å². The highest BCUT2D eigenvalue weighted by Gasteiger charge is 1.97. The number of amides is 1. The molecule has 0 saturated heterocycles. The Morgan fingerprint density at radius 1 is 1.80 bits per heavy atom. The molecule has 0 atom stereocenters. The third kappa shape index (κ3) is 4.14. The quantitative estimate of drug-likeness (QED) is 0.624. The molecular formula is C5H7ClFNO2. The lowest BCUT2D eigenvalue weighted by molar-refractivity contribution is 0.195. The second-order valence-electron chi connectivity index (χ2n) is 1.56. The van der Waals surface area contributed by atoms with Crippen LogP contribution in [0, 0.1) is 0 Å². The van der Waals surface area contributed by atoms with Gasteiger partial charge in [0.15, 0.2) is 0 Å². The Bertz CT molecular complexity index is 149. The van der Waals surface area contributed by atoms with E-state index in [1.165, 1.54) is 0 Å². The fourth-order valence-electron chi connectivity index (χ4n) is 0.304. The van der Waals surface area contributed by atoms with Gasteiger partial charge >= 0.3 is 6.09 Å². The number of hydrogen-bond donors (Lipinski definition) is 2. The Hall–Kier alpha value is -0.770. The molecule has 3 nitrogen and oxygen atoms in total. The molecule has 10 heavy (non-hydrogen) atoms. The van der Waals surface area contributed by atoms with E-state index in [9.17, 15) is 9.18 Å². The average Bonchev–Trinajstić information content (AvgIpc) is 1.90. The van der Waals surface area contributed by atoms with Crippen molar-refractivity contribution in [1.29, 1.82) is 0 Å². The normalized spacial score (nSPS) is 11.2. The van der Waals surface area contributed by atoms with Gasteiger partial charge in [-0.15, -0.1) is 11.6 Å². The molecule has 0 unspecified atom stereocenters. The van der Waals surface area contributed by atoms with Crippen molar-refractivity contribution < 1.29 is 14.3 Å². The first-order chi connectivity index (χ1) is 4.70. The van der Waals surface area contributed by atoms with E-state index in [0.717, 1.165) is 0 Å². The fourth-order valence-corrected chi connectivity index (χ4v) is 0.457. The van der Waals surface area contributed by atoms with Gasteiger partial charge in [0.2, 0.25) is 0 Å². The summed E-state index contributed by atoms with van der Waals surface area (Å²) in [6, 6.07) is 0. The van der Waals surface area contributed by atoms with Gasteiger partial charge in [0, 0.05) is 12.4 Å². The highest BCUT2D eigenvalue weighted by Crippen LogP contribution is 1.95. The van der Waals surface area contributed by atoms with Crippen molar-refractivity contribution >= 4 is 17.7 Å². The number of rotatable bonds is 3. The summed E-state index contributed by atoms with van der Waals surface area (Å²) < 4.78 is 11.6. The lowest BCUT2D eigenvalue weighted by atomic mass is 10.3. The molecule has 0 rings (SSSR count). The topological polar surface area (TPSA) is 49.3 Å². The van der Waals surface area contributed by atoms with Crippen LogP contribution in [0.3, 0.4) is 0 Å². The zero-order chi connectivity index (χ0) is 7.98. The summed E-state index contributed by atoms with van der Waals surface area (Å²) in [6.07, 6.45) is -0.896. The van der Waals surface area contributed by atoms with Crippen LogP contribution in [-0.4, -0.2) is 23.6 Å². The summed E-state index contributed by atoms with van der Waals surface area (Å²) in [5.74, 6) is -0.00319. The van der Waals surface area contributed by atoms with Crippen LogP contribution in [0.15, 0.2) is 11.9 Å². The summed E-state index contributed by atoms with van der Waals surface area (Å²) in [7, 11) is 0. The number of alkyl halides is 1. The lowest BCUT2D eigenvalue weighted by Crippen LogP contribution is -2.23.